The summed E-state index contributed by atoms with van der Waals surface area (Å²) in [4.78, 5) is 12.5. The topological polar surface area (TPSA) is 102 Å². The molecule has 2 N–H and O–H groups in total. The monoisotopic (exact) mass is 461 g/mol. The number of aryl methyl sites for hydroxylation is 1. The molecular formula is C22H22F3N5O3. The summed E-state index contributed by atoms with van der Waals surface area (Å²) in [5.41, 5.74) is 1.34. The van der Waals surface area contributed by atoms with Gasteiger partial charge in [-0.15, -0.1) is 0 Å². The third kappa shape index (κ3) is 5.67. The fourth-order valence-electron chi connectivity index (χ4n) is 3.51. The van der Waals surface area contributed by atoms with E-state index in [1.807, 2.05) is 0 Å². The number of ether oxygens (including phenoxy) is 2. The summed E-state index contributed by atoms with van der Waals surface area (Å²) in [6.07, 6.45) is 5.82. The molecule has 0 radical (unpaired) electrons. The van der Waals surface area contributed by atoms with Gasteiger partial charge in [0.15, 0.2) is 29.0 Å². The number of hydrogen-bond acceptors (Lipinski definition) is 6. The molecule has 11 heteroatoms. The highest BCUT2D eigenvalue weighted by Gasteiger charge is 2.22. The highest BCUT2D eigenvalue weighted by molar-refractivity contribution is 5.92. The van der Waals surface area contributed by atoms with Gasteiger partial charge in [0, 0.05) is 18.6 Å². The van der Waals surface area contributed by atoms with Crippen LogP contribution in [0.4, 0.5) is 19.0 Å². The minimum Gasteiger partial charge on any atom is -0.485 e. The first kappa shape index (κ1) is 22.7. The van der Waals surface area contributed by atoms with Crippen LogP contribution < -0.4 is 10.1 Å². The minimum absolute atomic E-state index is 0.0115. The Labute approximate surface area is 187 Å². The molecule has 0 bridgehead atoms. The summed E-state index contributed by atoms with van der Waals surface area (Å²) in [6, 6.07) is 3.45. The van der Waals surface area contributed by atoms with Gasteiger partial charge in [-0.25, -0.2) is 13.2 Å². The van der Waals surface area contributed by atoms with Crippen LogP contribution in [0.2, 0.25) is 0 Å². The van der Waals surface area contributed by atoms with E-state index in [1.54, 1.807) is 6.07 Å². The zero-order valence-electron chi connectivity index (χ0n) is 17.6. The van der Waals surface area contributed by atoms with Gasteiger partial charge in [0.1, 0.15) is 12.3 Å². The summed E-state index contributed by atoms with van der Waals surface area (Å²) in [5, 5.41) is 17.3. The smallest absolute Gasteiger partial charge is 0.226 e. The van der Waals surface area contributed by atoms with Crippen molar-refractivity contribution in [2.45, 2.75) is 38.2 Å². The van der Waals surface area contributed by atoms with E-state index < -0.39 is 23.4 Å². The molecule has 1 aliphatic heterocycles. The zero-order valence-corrected chi connectivity index (χ0v) is 17.6. The normalized spacial score (nSPS) is 15.9. The average molecular weight is 461 g/mol. The van der Waals surface area contributed by atoms with Crippen LogP contribution in [0, 0.1) is 17.5 Å². The fraction of sp³-hybridized carbons (Fsp3) is 0.364. The molecule has 0 aliphatic carbocycles. The van der Waals surface area contributed by atoms with E-state index in [1.165, 1.54) is 12.4 Å². The van der Waals surface area contributed by atoms with Crippen molar-refractivity contribution in [3.05, 3.63) is 53.6 Å². The van der Waals surface area contributed by atoms with Gasteiger partial charge in [0.2, 0.25) is 5.91 Å². The van der Waals surface area contributed by atoms with Crippen LogP contribution >= 0.6 is 0 Å². The molecule has 2 aromatic heterocycles. The molecule has 1 saturated heterocycles. The van der Waals surface area contributed by atoms with Crippen LogP contribution in [0.15, 0.2) is 30.6 Å². The summed E-state index contributed by atoms with van der Waals surface area (Å²) in [6.45, 7) is 0.955. The molecule has 1 fully saturated rings. The number of nitrogens with zero attached hydrogens (tertiary/aromatic N) is 3. The molecule has 0 saturated carbocycles. The first-order chi connectivity index (χ1) is 16.0. The number of carbonyl (C=O) groups excluding carboxylic acids is 1. The minimum atomic E-state index is -1.54. The van der Waals surface area contributed by atoms with E-state index >= 15 is 0 Å². The Balaban J connectivity index is 1.46. The van der Waals surface area contributed by atoms with Crippen LogP contribution in [0.25, 0.3) is 11.3 Å². The highest BCUT2D eigenvalue weighted by atomic mass is 19.2. The molecule has 1 unspecified atom stereocenters. The summed E-state index contributed by atoms with van der Waals surface area (Å²) in [5.74, 6) is -4.10. The third-order valence-corrected chi connectivity index (χ3v) is 5.22. The third-order valence-electron chi connectivity index (χ3n) is 5.22. The van der Waals surface area contributed by atoms with Crippen molar-refractivity contribution >= 4 is 11.7 Å². The van der Waals surface area contributed by atoms with Gasteiger partial charge in [-0.2, -0.15) is 15.3 Å². The molecule has 174 valence electrons. The first-order valence-electron chi connectivity index (χ1n) is 10.5. The van der Waals surface area contributed by atoms with E-state index in [9.17, 15) is 18.0 Å². The van der Waals surface area contributed by atoms with Crippen molar-refractivity contribution < 1.29 is 27.4 Å². The van der Waals surface area contributed by atoms with Gasteiger partial charge >= 0.3 is 0 Å². The number of amides is 1. The number of aromatic nitrogens is 4. The van der Waals surface area contributed by atoms with Gasteiger partial charge in [-0.3, -0.25) is 9.89 Å². The van der Waals surface area contributed by atoms with Gasteiger partial charge in [0.05, 0.1) is 18.5 Å². The average Bonchev–Trinajstić information content (AvgIpc) is 3.23. The number of halogens is 3. The molecule has 1 amide bonds. The molecule has 1 aromatic carbocycles. The van der Waals surface area contributed by atoms with Crippen LogP contribution in [0.1, 0.15) is 31.2 Å². The number of hydrogen-bond donors (Lipinski definition) is 2. The number of carbonyl (C=O) groups is 1. The molecule has 3 aromatic rings. The largest absolute Gasteiger partial charge is 0.485 e. The number of benzene rings is 1. The molecule has 8 nitrogen and oxygen atoms in total. The lowest BCUT2D eigenvalue weighted by Gasteiger charge is -2.22. The first-order valence-corrected chi connectivity index (χ1v) is 10.5. The van der Waals surface area contributed by atoms with E-state index in [2.05, 4.69) is 25.7 Å². The predicted molar refractivity (Wildman–Crippen MR) is 112 cm³/mol. The predicted octanol–water partition coefficient (Wildman–Crippen LogP) is 3.80. The van der Waals surface area contributed by atoms with Crippen molar-refractivity contribution in [3.8, 4) is 17.0 Å². The maximum atomic E-state index is 13.4. The molecule has 1 atom stereocenters. The number of H-pyrrole nitrogens is 1. The summed E-state index contributed by atoms with van der Waals surface area (Å²) in [7, 11) is 0. The van der Waals surface area contributed by atoms with Crippen LogP contribution in [-0.4, -0.2) is 45.6 Å². The summed E-state index contributed by atoms with van der Waals surface area (Å²) >= 11 is 0. The Kier molecular flexibility index (Phi) is 7.18. The van der Waals surface area contributed by atoms with Gasteiger partial charge < -0.3 is 14.8 Å². The second-order valence-electron chi connectivity index (χ2n) is 7.63. The second-order valence-corrected chi connectivity index (χ2v) is 7.63. The van der Waals surface area contributed by atoms with Gasteiger partial charge in [0.25, 0.3) is 0 Å². The molecular weight excluding hydrogens is 439 g/mol. The number of nitrogens with one attached hydrogen (secondary N) is 2. The van der Waals surface area contributed by atoms with Crippen molar-refractivity contribution in [1.29, 1.82) is 0 Å². The quantitative estimate of drug-likeness (QED) is 0.495. The Morgan fingerprint density at radius 3 is 2.73 bits per heavy atom. The lowest BCUT2D eigenvalue weighted by Crippen LogP contribution is -2.26. The Bertz CT molecular complexity index is 1080. The van der Waals surface area contributed by atoms with Gasteiger partial charge in [-0.05, 0) is 49.4 Å². The number of aromatic amines is 1. The molecule has 0 spiro atoms. The van der Waals surface area contributed by atoms with Gasteiger partial charge in [-0.1, -0.05) is 0 Å². The molecule has 1 aliphatic rings. The van der Waals surface area contributed by atoms with Crippen LogP contribution in [-0.2, 0) is 16.0 Å². The number of rotatable bonds is 8. The van der Waals surface area contributed by atoms with E-state index in [0.717, 1.165) is 31.4 Å². The molecule has 4 rings (SSSR count). The van der Waals surface area contributed by atoms with Crippen molar-refractivity contribution in [3.63, 3.8) is 0 Å². The lowest BCUT2D eigenvalue weighted by atomic mass is 10.1. The van der Waals surface area contributed by atoms with E-state index in [0.29, 0.717) is 23.6 Å². The molecule has 3 heterocycles. The molecule has 33 heavy (non-hydrogen) atoms. The summed E-state index contributed by atoms with van der Waals surface area (Å²) < 4.78 is 51.6. The Morgan fingerprint density at radius 1 is 1.21 bits per heavy atom. The zero-order chi connectivity index (χ0) is 23.2. The van der Waals surface area contributed by atoms with Crippen molar-refractivity contribution in [2.75, 3.05) is 18.5 Å². The maximum Gasteiger partial charge on any atom is 0.226 e. The number of anilines is 1. The Morgan fingerprint density at radius 2 is 2.03 bits per heavy atom. The SMILES string of the molecule is O=C(CCc1cc(F)c(F)c(F)c1)Nc1n[nH]c(-c2ccnnc2)c1OCC1CCCCO1. The Hall–Kier alpha value is -3.47. The van der Waals surface area contributed by atoms with Crippen LogP contribution in [0.5, 0.6) is 5.75 Å². The standard InChI is InChI=1S/C22H22F3N5O3/c23-16-9-13(10-17(24)19(16)25)4-5-18(31)28-22-21(33-12-15-3-1-2-8-32-15)20(29-30-22)14-6-7-26-27-11-14/h6-7,9-11,15H,1-5,8,12H2,(H2,28,29,30,31). The van der Waals surface area contributed by atoms with Crippen molar-refractivity contribution in [2.24, 2.45) is 0 Å². The lowest BCUT2D eigenvalue weighted by molar-refractivity contribution is -0.116. The van der Waals surface area contributed by atoms with E-state index in [4.69, 9.17) is 9.47 Å². The maximum absolute atomic E-state index is 13.4. The highest BCUT2D eigenvalue weighted by Crippen LogP contribution is 2.34. The van der Waals surface area contributed by atoms with Crippen LogP contribution in [0.3, 0.4) is 0 Å². The fourth-order valence-corrected chi connectivity index (χ4v) is 3.51. The second kappa shape index (κ2) is 10.4. The van der Waals surface area contributed by atoms with E-state index in [-0.39, 0.29) is 36.9 Å². The van der Waals surface area contributed by atoms with Crippen molar-refractivity contribution in [1.82, 2.24) is 20.4 Å².